The van der Waals surface area contributed by atoms with Gasteiger partial charge in [0.1, 0.15) is 0 Å². The number of hydrogen-bond donors (Lipinski definition) is 2. The molecule has 8 heteroatoms. The Labute approximate surface area is 147 Å². The van der Waals surface area contributed by atoms with Gasteiger partial charge in [0.2, 0.25) is 0 Å². The first kappa shape index (κ1) is 16.5. The van der Waals surface area contributed by atoms with E-state index in [4.69, 9.17) is 5.11 Å². The van der Waals surface area contributed by atoms with Gasteiger partial charge in [-0.3, -0.25) is 4.79 Å². The zero-order chi connectivity index (χ0) is 17.1. The fraction of sp³-hybridized carbons (Fsp3) is 0.312. The normalized spacial score (nSPS) is 17.5. The number of amides is 2. The molecule has 1 saturated heterocycles. The predicted octanol–water partition coefficient (Wildman–Crippen LogP) is 2.96. The van der Waals surface area contributed by atoms with Crippen LogP contribution in [0.5, 0.6) is 0 Å². The maximum Gasteiger partial charge on any atom is 0.321 e. The molecule has 1 aliphatic heterocycles. The summed E-state index contributed by atoms with van der Waals surface area (Å²) < 4.78 is 2.49. The highest BCUT2D eigenvalue weighted by Gasteiger charge is 2.28. The number of nitrogens with zero attached hydrogens (tertiary/aromatic N) is 3. The molecule has 2 amide bonds. The minimum atomic E-state index is -0.854. The number of rotatable bonds is 3. The number of carboxylic acid groups (broad SMARTS) is 1. The molecule has 2 aromatic rings. The Morgan fingerprint density at radius 3 is 2.92 bits per heavy atom. The average molecular weight is 393 g/mol. The van der Waals surface area contributed by atoms with E-state index in [9.17, 15) is 9.59 Å². The Morgan fingerprint density at radius 2 is 2.21 bits per heavy atom. The van der Waals surface area contributed by atoms with Crippen molar-refractivity contribution in [1.29, 1.82) is 0 Å². The minimum absolute atomic E-state index is 0.228. The van der Waals surface area contributed by atoms with Gasteiger partial charge in [0.15, 0.2) is 0 Å². The molecule has 126 valence electrons. The fourth-order valence-electron chi connectivity index (χ4n) is 2.78. The standard InChI is InChI=1S/C16H17BrN4O3/c17-12-4-5-14(21-8-2-6-18-21)13(9-12)19-16(24)20-7-1-3-11(10-20)15(22)23/h2,4-6,8-9,11H,1,3,7,10H2,(H,19,24)(H,22,23). The summed E-state index contributed by atoms with van der Waals surface area (Å²) in [5.74, 6) is -1.36. The highest BCUT2D eigenvalue weighted by Crippen LogP contribution is 2.25. The molecule has 2 N–H and O–H groups in total. The van der Waals surface area contributed by atoms with Crippen LogP contribution in [0.3, 0.4) is 0 Å². The molecule has 3 rings (SSSR count). The number of anilines is 1. The van der Waals surface area contributed by atoms with E-state index >= 15 is 0 Å². The van der Waals surface area contributed by atoms with Crippen LogP contribution in [0.15, 0.2) is 41.1 Å². The van der Waals surface area contributed by atoms with E-state index in [0.29, 0.717) is 25.1 Å². The Hall–Kier alpha value is -2.35. The first-order valence-electron chi connectivity index (χ1n) is 7.63. The van der Waals surface area contributed by atoms with E-state index in [0.717, 1.165) is 10.2 Å². The fourth-order valence-corrected chi connectivity index (χ4v) is 3.14. The molecular weight excluding hydrogens is 376 g/mol. The van der Waals surface area contributed by atoms with Gasteiger partial charge in [-0.1, -0.05) is 15.9 Å². The molecule has 0 aliphatic carbocycles. The van der Waals surface area contributed by atoms with Crippen molar-refractivity contribution in [2.45, 2.75) is 12.8 Å². The van der Waals surface area contributed by atoms with Gasteiger partial charge in [-0.15, -0.1) is 0 Å². The van der Waals surface area contributed by atoms with Gasteiger partial charge in [0.05, 0.1) is 17.3 Å². The van der Waals surface area contributed by atoms with Crippen molar-refractivity contribution in [2.75, 3.05) is 18.4 Å². The van der Waals surface area contributed by atoms with E-state index in [1.54, 1.807) is 34.1 Å². The van der Waals surface area contributed by atoms with E-state index in [-0.39, 0.29) is 12.6 Å². The Balaban J connectivity index is 1.79. The van der Waals surface area contributed by atoms with Crippen LogP contribution in [0.25, 0.3) is 5.69 Å². The number of aromatic nitrogens is 2. The molecule has 1 aromatic heterocycles. The Morgan fingerprint density at radius 1 is 1.38 bits per heavy atom. The molecule has 1 aliphatic rings. The van der Waals surface area contributed by atoms with Crippen LogP contribution >= 0.6 is 15.9 Å². The van der Waals surface area contributed by atoms with Crippen molar-refractivity contribution in [3.05, 3.63) is 41.1 Å². The zero-order valence-corrected chi connectivity index (χ0v) is 14.4. The summed E-state index contributed by atoms with van der Waals surface area (Å²) in [5.41, 5.74) is 1.35. The predicted molar refractivity (Wildman–Crippen MR) is 92.2 cm³/mol. The van der Waals surface area contributed by atoms with E-state index in [1.165, 1.54) is 0 Å². The summed E-state index contributed by atoms with van der Waals surface area (Å²) in [4.78, 5) is 25.3. The molecule has 24 heavy (non-hydrogen) atoms. The first-order chi connectivity index (χ1) is 11.5. The summed E-state index contributed by atoms with van der Waals surface area (Å²) in [7, 11) is 0. The highest BCUT2D eigenvalue weighted by molar-refractivity contribution is 9.10. The molecule has 7 nitrogen and oxygen atoms in total. The van der Waals surface area contributed by atoms with Gasteiger partial charge in [0.25, 0.3) is 0 Å². The third-order valence-electron chi connectivity index (χ3n) is 4.01. The van der Waals surface area contributed by atoms with Crippen LogP contribution in [0.4, 0.5) is 10.5 Å². The Bertz CT molecular complexity index is 748. The number of urea groups is 1. The highest BCUT2D eigenvalue weighted by atomic mass is 79.9. The van der Waals surface area contributed by atoms with Gasteiger partial charge >= 0.3 is 12.0 Å². The van der Waals surface area contributed by atoms with Gasteiger partial charge < -0.3 is 15.3 Å². The average Bonchev–Trinajstić information content (AvgIpc) is 3.09. The molecule has 0 spiro atoms. The van der Waals surface area contributed by atoms with E-state index < -0.39 is 11.9 Å². The lowest BCUT2D eigenvalue weighted by molar-refractivity contribution is -0.143. The summed E-state index contributed by atoms with van der Waals surface area (Å²) in [6.45, 7) is 0.785. The second-order valence-electron chi connectivity index (χ2n) is 5.67. The second-order valence-corrected chi connectivity index (χ2v) is 6.58. The number of benzene rings is 1. The van der Waals surface area contributed by atoms with Gasteiger partial charge in [-0.25, -0.2) is 9.48 Å². The molecule has 0 saturated carbocycles. The van der Waals surface area contributed by atoms with Crippen molar-refractivity contribution in [1.82, 2.24) is 14.7 Å². The molecule has 1 aromatic carbocycles. The molecular formula is C16H17BrN4O3. The summed E-state index contributed by atoms with van der Waals surface area (Å²) >= 11 is 3.40. The maximum atomic E-state index is 12.5. The quantitative estimate of drug-likeness (QED) is 0.840. The number of aliphatic carboxylic acids is 1. The van der Waals surface area contributed by atoms with Crippen LogP contribution in [0.1, 0.15) is 12.8 Å². The minimum Gasteiger partial charge on any atom is -0.481 e. The number of halogens is 1. The lowest BCUT2D eigenvalue weighted by atomic mass is 9.99. The summed E-state index contributed by atoms with van der Waals surface area (Å²) in [6.07, 6.45) is 4.75. The van der Waals surface area contributed by atoms with Crippen LogP contribution in [0, 0.1) is 5.92 Å². The lowest BCUT2D eigenvalue weighted by Crippen LogP contribution is -2.44. The van der Waals surface area contributed by atoms with E-state index in [2.05, 4.69) is 26.3 Å². The number of carbonyl (C=O) groups is 2. The molecule has 0 radical (unpaired) electrons. The number of carboxylic acids is 1. The first-order valence-corrected chi connectivity index (χ1v) is 8.42. The summed E-state index contributed by atoms with van der Waals surface area (Å²) in [6, 6.07) is 7.02. The third kappa shape index (κ3) is 3.59. The van der Waals surface area contributed by atoms with Crippen molar-refractivity contribution in [3.63, 3.8) is 0 Å². The summed E-state index contributed by atoms with van der Waals surface area (Å²) in [5, 5.41) is 16.2. The third-order valence-corrected chi connectivity index (χ3v) is 4.50. The molecule has 1 unspecified atom stereocenters. The topological polar surface area (TPSA) is 87.5 Å². The number of carbonyl (C=O) groups excluding carboxylic acids is 1. The number of hydrogen-bond acceptors (Lipinski definition) is 3. The maximum absolute atomic E-state index is 12.5. The Kier molecular flexibility index (Phi) is 4.84. The number of likely N-dealkylation sites (tertiary alicyclic amines) is 1. The lowest BCUT2D eigenvalue weighted by Gasteiger charge is -2.31. The van der Waals surface area contributed by atoms with Crippen molar-refractivity contribution in [3.8, 4) is 5.69 Å². The van der Waals surface area contributed by atoms with Crippen molar-refractivity contribution < 1.29 is 14.7 Å². The molecule has 0 bridgehead atoms. The largest absolute Gasteiger partial charge is 0.481 e. The van der Waals surface area contributed by atoms with Crippen LogP contribution in [0.2, 0.25) is 0 Å². The monoisotopic (exact) mass is 392 g/mol. The second kappa shape index (κ2) is 7.04. The molecule has 2 heterocycles. The number of nitrogens with one attached hydrogen (secondary N) is 1. The van der Waals surface area contributed by atoms with Crippen molar-refractivity contribution in [2.24, 2.45) is 5.92 Å². The number of piperidine rings is 1. The van der Waals surface area contributed by atoms with Crippen LogP contribution in [-0.4, -0.2) is 44.9 Å². The SMILES string of the molecule is O=C(O)C1CCCN(C(=O)Nc2cc(Br)ccc2-n2cccn2)C1. The zero-order valence-electron chi connectivity index (χ0n) is 12.9. The smallest absolute Gasteiger partial charge is 0.321 e. The van der Waals surface area contributed by atoms with Gasteiger partial charge in [-0.05, 0) is 37.1 Å². The molecule has 1 fully saturated rings. The van der Waals surface area contributed by atoms with Gasteiger partial charge in [-0.2, -0.15) is 5.10 Å². The molecule has 1 atom stereocenters. The van der Waals surface area contributed by atoms with Crippen molar-refractivity contribution >= 4 is 33.6 Å². The van der Waals surface area contributed by atoms with E-state index in [1.807, 2.05) is 12.1 Å². The van der Waals surface area contributed by atoms with Crippen LogP contribution in [-0.2, 0) is 4.79 Å². The van der Waals surface area contributed by atoms with Gasteiger partial charge in [0, 0.05) is 30.0 Å². The van der Waals surface area contributed by atoms with Crippen LogP contribution < -0.4 is 5.32 Å².